The van der Waals surface area contributed by atoms with Crippen LogP contribution in [0.15, 0.2) is 30.3 Å². The highest BCUT2D eigenvalue weighted by Gasteiger charge is 2.13. The molecule has 0 spiro atoms. The van der Waals surface area contributed by atoms with Crippen molar-refractivity contribution in [3.63, 3.8) is 0 Å². The van der Waals surface area contributed by atoms with Crippen LogP contribution in [-0.2, 0) is 0 Å². The van der Waals surface area contributed by atoms with Crippen molar-refractivity contribution in [2.45, 2.75) is 6.92 Å². The fourth-order valence-electron chi connectivity index (χ4n) is 2.47. The molecule has 0 saturated heterocycles. The monoisotopic (exact) mass is 255 g/mol. The molecule has 0 radical (unpaired) electrons. The molecule has 19 heavy (non-hydrogen) atoms. The highest BCUT2D eigenvalue weighted by molar-refractivity contribution is 6.11. The predicted molar refractivity (Wildman–Crippen MR) is 74.1 cm³/mol. The van der Waals surface area contributed by atoms with Crippen LogP contribution >= 0.6 is 0 Å². The van der Waals surface area contributed by atoms with Crippen molar-refractivity contribution in [2.75, 3.05) is 7.11 Å². The minimum absolute atomic E-state index is 0.300. The highest BCUT2D eigenvalue weighted by Crippen LogP contribution is 2.33. The van der Waals surface area contributed by atoms with Crippen molar-refractivity contribution in [1.82, 2.24) is 4.98 Å². The van der Waals surface area contributed by atoms with E-state index >= 15 is 0 Å². The number of carboxylic acid groups (broad SMARTS) is 1. The molecule has 2 N–H and O–H groups in total. The molecule has 0 aliphatic rings. The molecule has 0 amide bonds. The molecule has 0 unspecified atom stereocenters. The number of benzene rings is 2. The van der Waals surface area contributed by atoms with E-state index in [2.05, 4.69) is 4.98 Å². The van der Waals surface area contributed by atoms with Gasteiger partial charge in [0.2, 0.25) is 0 Å². The average molecular weight is 255 g/mol. The SMILES string of the molecule is COc1cccc2c1[nH]c1c(C)cc(C(=O)O)cc12. The number of H-pyrrole nitrogens is 1. The van der Waals surface area contributed by atoms with Gasteiger partial charge in [-0.05, 0) is 30.7 Å². The van der Waals surface area contributed by atoms with Crippen molar-refractivity contribution in [2.24, 2.45) is 0 Å². The molecule has 0 aliphatic carbocycles. The van der Waals surface area contributed by atoms with Gasteiger partial charge in [0, 0.05) is 16.3 Å². The van der Waals surface area contributed by atoms with Gasteiger partial charge in [-0.15, -0.1) is 0 Å². The molecule has 1 heterocycles. The number of aromatic amines is 1. The van der Waals surface area contributed by atoms with E-state index in [-0.39, 0.29) is 0 Å². The molecule has 0 saturated carbocycles. The number of carboxylic acids is 1. The number of aromatic nitrogens is 1. The average Bonchev–Trinajstić information content (AvgIpc) is 2.78. The molecule has 3 rings (SSSR count). The Morgan fingerprint density at radius 2 is 2.00 bits per heavy atom. The van der Waals surface area contributed by atoms with E-state index in [0.717, 1.165) is 33.1 Å². The van der Waals surface area contributed by atoms with Crippen LogP contribution in [0.25, 0.3) is 21.8 Å². The van der Waals surface area contributed by atoms with E-state index in [0.29, 0.717) is 5.56 Å². The molecule has 0 bridgehead atoms. The summed E-state index contributed by atoms with van der Waals surface area (Å²) in [5.41, 5.74) is 3.05. The third kappa shape index (κ3) is 1.64. The van der Waals surface area contributed by atoms with E-state index in [1.807, 2.05) is 25.1 Å². The number of hydrogen-bond acceptors (Lipinski definition) is 2. The Morgan fingerprint density at radius 3 is 2.68 bits per heavy atom. The minimum atomic E-state index is -0.915. The first-order chi connectivity index (χ1) is 9.11. The number of ether oxygens (including phenoxy) is 1. The van der Waals surface area contributed by atoms with E-state index in [9.17, 15) is 4.79 Å². The second-order valence-electron chi connectivity index (χ2n) is 4.53. The molecule has 2 aromatic carbocycles. The van der Waals surface area contributed by atoms with Gasteiger partial charge in [0.05, 0.1) is 18.2 Å². The summed E-state index contributed by atoms with van der Waals surface area (Å²) in [6.07, 6.45) is 0. The molecule has 1 aromatic heterocycles. The van der Waals surface area contributed by atoms with Crippen molar-refractivity contribution in [3.05, 3.63) is 41.5 Å². The Hall–Kier alpha value is -2.49. The van der Waals surface area contributed by atoms with E-state index in [1.165, 1.54) is 0 Å². The van der Waals surface area contributed by atoms with Gasteiger partial charge in [0.15, 0.2) is 0 Å². The lowest BCUT2D eigenvalue weighted by atomic mass is 10.1. The summed E-state index contributed by atoms with van der Waals surface area (Å²) >= 11 is 0. The van der Waals surface area contributed by atoms with Crippen LogP contribution in [0.1, 0.15) is 15.9 Å². The largest absolute Gasteiger partial charge is 0.495 e. The summed E-state index contributed by atoms with van der Waals surface area (Å²) in [5, 5.41) is 11.0. The van der Waals surface area contributed by atoms with Crippen LogP contribution in [0.2, 0.25) is 0 Å². The normalized spacial score (nSPS) is 11.1. The molecule has 4 nitrogen and oxygen atoms in total. The number of carbonyl (C=O) groups is 1. The Bertz CT molecular complexity index is 802. The van der Waals surface area contributed by atoms with Gasteiger partial charge in [0.25, 0.3) is 0 Å². The summed E-state index contributed by atoms with van der Waals surface area (Å²) in [5.74, 6) is -0.160. The quantitative estimate of drug-likeness (QED) is 0.738. The number of rotatable bonds is 2. The van der Waals surface area contributed by atoms with Gasteiger partial charge in [-0.2, -0.15) is 0 Å². The van der Waals surface area contributed by atoms with Gasteiger partial charge in [-0.25, -0.2) is 4.79 Å². The lowest BCUT2D eigenvalue weighted by Gasteiger charge is -2.00. The Kier molecular flexibility index (Phi) is 2.45. The number of aryl methyl sites for hydroxylation is 1. The first-order valence-corrected chi connectivity index (χ1v) is 5.94. The molecule has 96 valence electrons. The fraction of sp³-hybridized carbons (Fsp3) is 0.133. The number of hydrogen-bond donors (Lipinski definition) is 2. The smallest absolute Gasteiger partial charge is 0.335 e. The maximum Gasteiger partial charge on any atom is 0.335 e. The van der Waals surface area contributed by atoms with Crippen LogP contribution < -0.4 is 4.74 Å². The van der Waals surface area contributed by atoms with Crippen LogP contribution in [0.3, 0.4) is 0 Å². The molecular formula is C15H13NO3. The van der Waals surface area contributed by atoms with Gasteiger partial charge < -0.3 is 14.8 Å². The fourth-order valence-corrected chi connectivity index (χ4v) is 2.47. The zero-order valence-corrected chi connectivity index (χ0v) is 10.7. The van der Waals surface area contributed by atoms with E-state index in [1.54, 1.807) is 19.2 Å². The van der Waals surface area contributed by atoms with Gasteiger partial charge >= 0.3 is 5.97 Å². The van der Waals surface area contributed by atoms with Crippen molar-refractivity contribution < 1.29 is 14.6 Å². The molecule has 0 fully saturated rings. The number of methoxy groups -OCH3 is 1. The molecular weight excluding hydrogens is 242 g/mol. The Morgan fingerprint density at radius 1 is 1.21 bits per heavy atom. The third-order valence-electron chi connectivity index (χ3n) is 3.37. The maximum atomic E-state index is 11.1. The van der Waals surface area contributed by atoms with Gasteiger partial charge in [0.1, 0.15) is 5.75 Å². The topological polar surface area (TPSA) is 62.3 Å². The zero-order valence-electron chi connectivity index (χ0n) is 10.7. The summed E-state index contributed by atoms with van der Waals surface area (Å²) in [6, 6.07) is 9.11. The van der Waals surface area contributed by atoms with Gasteiger partial charge in [-0.3, -0.25) is 0 Å². The summed E-state index contributed by atoms with van der Waals surface area (Å²) in [4.78, 5) is 14.5. The van der Waals surface area contributed by atoms with Crippen molar-refractivity contribution in [1.29, 1.82) is 0 Å². The first-order valence-electron chi connectivity index (χ1n) is 5.94. The standard InChI is InChI=1S/C15H13NO3/c1-8-6-9(15(17)18)7-11-10-4-3-5-12(19-2)14(10)16-13(8)11/h3-7,16H,1-2H3,(H,17,18). The molecule has 0 atom stereocenters. The van der Waals surface area contributed by atoms with E-state index < -0.39 is 5.97 Å². The number of para-hydroxylation sites is 1. The third-order valence-corrected chi connectivity index (χ3v) is 3.37. The second kappa shape index (κ2) is 4.02. The van der Waals surface area contributed by atoms with Crippen LogP contribution in [-0.4, -0.2) is 23.2 Å². The van der Waals surface area contributed by atoms with E-state index in [4.69, 9.17) is 9.84 Å². The summed E-state index contributed by atoms with van der Waals surface area (Å²) < 4.78 is 5.33. The Labute approximate surface area is 109 Å². The molecule has 3 aromatic rings. The summed E-state index contributed by atoms with van der Waals surface area (Å²) in [7, 11) is 1.62. The molecule has 0 aliphatic heterocycles. The Balaban J connectivity index is 2.47. The minimum Gasteiger partial charge on any atom is -0.495 e. The number of aromatic carboxylic acids is 1. The summed E-state index contributed by atoms with van der Waals surface area (Å²) in [6.45, 7) is 1.90. The zero-order chi connectivity index (χ0) is 13.6. The van der Waals surface area contributed by atoms with Crippen molar-refractivity contribution in [3.8, 4) is 5.75 Å². The lowest BCUT2D eigenvalue weighted by Crippen LogP contribution is -1.96. The van der Waals surface area contributed by atoms with Crippen LogP contribution in [0, 0.1) is 6.92 Å². The van der Waals surface area contributed by atoms with Crippen LogP contribution in [0.4, 0.5) is 0 Å². The predicted octanol–water partition coefficient (Wildman–Crippen LogP) is 3.34. The lowest BCUT2D eigenvalue weighted by molar-refractivity contribution is 0.0697. The highest BCUT2D eigenvalue weighted by atomic mass is 16.5. The van der Waals surface area contributed by atoms with Crippen LogP contribution in [0.5, 0.6) is 5.75 Å². The maximum absolute atomic E-state index is 11.1. The number of nitrogens with one attached hydrogen (secondary N) is 1. The molecule has 4 heteroatoms. The second-order valence-corrected chi connectivity index (χ2v) is 4.53. The first kappa shape index (κ1) is 11.6. The van der Waals surface area contributed by atoms with Crippen molar-refractivity contribution >= 4 is 27.8 Å². The number of fused-ring (bicyclic) bond motifs is 3. The van der Waals surface area contributed by atoms with Gasteiger partial charge in [-0.1, -0.05) is 12.1 Å².